The fraction of sp³-hybridized carbons (Fsp3) is 0.200. The van der Waals surface area contributed by atoms with E-state index in [1.54, 1.807) is 18.3 Å². The number of nitrogens with zero attached hydrogens (tertiary/aromatic N) is 3. The van der Waals surface area contributed by atoms with Crippen LogP contribution in [-0.2, 0) is 6.54 Å². The molecule has 0 aliphatic rings. The molecule has 0 bridgehead atoms. The molecule has 2 heterocycles. The second-order valence-corrected chi connectivity index (χ2v) is 3.25. The van der Waals surface area contributed by atoms with Crippen molar-refractivity contribution in [3.63, 3.8) is 0 Å². The van der Waals surface area contributed by atoms with Crippen LogP contribution in [0.2, 0.25) is 0 Å². The van der Waals surface area contributed by atoms with Gasteiger partial charge in [0.25, 0.3) is 6.43 Å². The normalized spacial score (nSPS) is 11.0. The summed E-state index contributed by atoms with van der Waals surface area (Å²) >= 11 is 0. The quantitative estimate of drug-likeness (QED) is 0.862. The molecule has 2 aromatic heterocycles. The number of nitrogens with two attached hydrogens (primary N) is 1. The molecule has 0 fully saturated rings. The van der Waals surface area contributed by atoms with Crippen LogP contribution < -0.4 is 5.73 Å². The van der Waals surface area contributed by atoms with Gasteiger partial charge in [-0.25, -0.2) is 18.4 Å². The van der Waals surface area contributed by atoms with Gasteiger partial charge in [-0.15, -0.1) is 0 Å². The highest BCUT2D eigenvalue weighted by molar-refractivity contribution is 5.25. The van der Waals surface area contributed by atoms with Crippen molar-refractivity contribution < 1.29 is 8.78 Å². The Kier molecular flexibility index (Phi) is 2.91. The van der Waals surface area contributed by atoms with E-state index in [2.05, 4.69) is 10.1 Å². The minimum Gasteiger partial charge on any atom is -0.326 e. The molecule has 0 amide bonds. The fourth-order valence-corrected chi connectivity index (χ4v) is 1.25. The zero-order valence-electron chi connectivity index (χ0n) is 8.35. The van der Waals surface area contributed by atoms with Crippen LogP contribution in [0, 0.1) is 0 Å². The van der Waals surface area contributed by atoms with Gasteiger partial charge >= 0.3 is 0 Å². The van der Waals surface area contributed by atoms with Crippen molar-refractivity contribution in [2.75, 3.05) is 0 Å². The second kappa shape index (κ2) is 4.36. The van der Waals surface area contributed by atoms with Crippen molar-refractivity contribution in [1.82, 2.24) is 14.8 Å². The standard InChI is InChI=1S/C10H10F2N4/c11-10(12)8-5-15-16(6-8)9-2-1-7(3-13)4-14-9/h1-2,4-6,10H,3,13H2. The Balaban J connectivity index is 2.28. The van der Waals surface area contributed by atoms with Gasteiger partial charge in [0.05, 0.1) is 11.8 Å². The Morgan fingerprint density at radius 3 is 2.62 bits per heavy atom. The van der Waals surface area contributed by atoms with E-state index in [0.717, 1.165) is 11.8 Å². The maximum atomic E-state index is 12.3. The number of hydrogen-bond donors (Lipinski definition) is 1. The lowest BCUT2D eigenvalue weighted by atomic mass is 10.3. The first-order chi connectivity index (χ1) is 7.70. The van der Waals surface area contributed by atoms with Crippen LogP contribution >= 0.6 is 0 Å². The molecule has 84 valence electrons. The Morgan fingerprint density at radius 2 is 2.12 bits per heavy atom. The van der Waals surface area contributed by atoms with Crippen LogP contribution in [0.4, 0.5) is 8.78 Å². The van der Waals surface area contributed by atoms with Crippen molar-refractivity contribution in [1.29, 1.82) is 0 Å². The van der Waals surface area contributed by atoms with E-state index < -0.39 is 6.43 Å². The molecule has 0 aliphatic carbocycles. The van der Waals surface area contributed by atoms with Crippen LogP contribution in [0.15, 0.2) is 30.7 Å². The average Bonchev–Trinajstić information content (AvgIpc) is 2.78. The fourth-order valence-electron chi connectivity index (χ4n) is 1.25. The molecule has 0 atom stereocenters. The lowest BCUT2D eigenvalue weighted by Crippen LogP contribution is -2.01. The van der Waals surface area contributed by atoms with Crippen LogP contribution in [0.1, 0.15) is 17.6 Å². The molecule has 0 spiro atoms. The summed E-state index contributed by atoms with van der Waals surface area (Å²) in [5.74, 6) is 0.490. The van der Waals surface area contributed by atoms with Crippen molar-refractivity contribution in [2.45, 2.75) is 13.0 Å². The average molecular weight is 224 g/mol. The summed E-state index contributed by atoms with van der Waals surface area (Å²) in [6, 6.07) is 3.47. The van der Waals surface area contributed by atoms with Gasteiger partial charge in [-0.05, 0) is 11.6 Å². The predicted molar refractivity (Wildman–Crippen MR) is 54.2 cm³/mol. The summed E-state index contributed by atoms with van der Waals surface area (Å²) in [7, 11) is 0. The molecule has 6 heteroatoms. The molecule has 4 nitrogen and oxygen atoms in total. The largest absolute Gasteiger partial charge is 0.326 e. The minimum atomic E-state index is -2.52. The molecule has 2 aromatic rings. The van der Waals surface area contributed by atoms with Crippen molar-refractivity contribution >= 4 is 0 Å². The lowest BCUT2D eigenvalue weighted by molar-refractivity contribution is 0.151. The summed E-state index contributed by atoms with van der Waals surface area (Å²) in [5, 5.41) is 3.81. The number of alkyl halides is 2. The molecule has 0 saturated heterocycles. The van der Waals surface area contributed by atoms with Gasteiger partial charge < -0.3 is 5.73 Å². The molecular formula is C10H10F2N4. The number of pyridine rings is 1. The van der Waals surface area contributed by atoms with Crippen LogP contribution in [0.25, 0.3) is 5.82 Å². The maximum Gasteiger partial charge on any atom is 0.266 e. The Hall–Kier alpha value is -1.82. The highest BCUT2D eigenvalue weighted by Crippen LogP contribution is 2.18. The van der Waals surface area contributed by atoms with Crippen molar-refractivity contribution in [3.05, 3.63) is 41.9 Å². The predicted octanol–water partition coefficient (Wildman–Crippen LogP) is 1.66. The van der Waals surface area contributed by atoms with Gasteiger partial charge in [0.15, 0.2) is 5.82 Å². The Bertz CT molecular complexity index is 464. The van der Waals surface area contributed by atoms with Gasteiger partial charge in [-0.2, -0.15) is 5.10 Å². The molecular weight excluding hydrogens is 214 g/mol. The van der Waals surface area contributed by atoms with Crippen LogP contribution in [0.5, 0.6) is 0 Å². The van der Waals surface area contributed by atoms with Crippen molar-refractivity contribution in [2.24, 2.45) is 5.73 Å². The first-order valence-corrected chi connectivity index (χ1v) is 4.69. The SMILES string of the molecule is NCc1ccc(-n2cc(C(F)F)cn2)nc1. The molecule has 2 N–H and O–H groups in total. The summed E-state index contributed by atoms with van der Waals surface area (Å²) in [6.45, 7) is 0.397. The lowest BCUT2D eigenvalue weighted by Gasteiger charge is -2.01. The Morgan fingerprint density at radius 1 is 1.31 bits per heavy atom. The van der Waals surface area contributed by atoms with E-state index in [1.165, 1.54) is 10.9 Å². The summed E-state index contributed by atoms with van der Waals surface area (Å²) < 4.78 is 26.0. The van der Waals surface area contributed by atoms with E-state index in [-0.39, 0.29) is 5.56 Å². The van der Waals surface area contributed by atoms with Crippen molar-refractivity contribution in [3.8, 4) is 5.82 Å². The number of aromatic nitrogens is 3. The van der Waals surface area contributed by atoms with E-state index in [1.807, 2.05) is 0 Å². The molecule has 0 aromatic carbocycles. The first-order valence-electron chi connectivity index (χ1n) is 4.69. The summed E-state index contributed by atoms with van der Waals surface area (Å²) in [5.41, 5.74) is 6.18. The van der Waals surface area contributed by atoms with Gasteiger partial charge in [0, 0.05) is 18.9 Å². The minimum absolute atomic E-state index is 0.121. The number of rotatable bonds is 3. The maximum absolute atomic E-state index is 12.3. The molecule has 0 unspecified atom stereocenters. The van der Waals surface area contributed by atoms with Crippen LogP contribution in [0.3, 0.4) is 0 Å². The van der Waals surface area contributed by atoms with E-state index in [9.17, 15) is 8.78 Å². The second-order valence-electron chi connectivity index (χ2n) is 3.25. The first kappa shape index (κ1) is 10.7. The van der Waals surface area contributed by atoms with E-state index in [0.29, 0.717) is 12.4 Å². The van der Waals surface area contributed by atoms with E-state index in [4.69, 9.17) is 5.73 Å². The third-order valence-electron chi connectivity index (χ3n) is 2.13. The van der Waals surface area contributed by atoms with E-state index >= 15 is 0 Å². The summed E-state index contributed by atoms with van der Waals surface area (Å²) in [6.07, 6.45) is 1.47. The van der Waals surface area contributed by atoms with Gasteiger partial charge in [-0.3, -0.25) is 0 Å². The Labute approximate surface area is 90.7 Å². The molecule has 0 aliphatic heterocycles. The number of hydrogen-bond acceptors (Lipinski definition) is 3. The van der Waals surface area contributed by atoms with Crippen LogP contribution in [-0.4, -0.2) is 14.8 Å². The summed E-state index contributed by atoms with van der Waals surface area (Å²) in [4.78, 5) is 4.07. The van der Waals surface area contributed by atoms with Gasteiger partial charge in [-0.1, -0.05) is 6.07 Å². The zero-order chi connectivity index (χ0) is 11.5. The van der Waals surface area contributed by atoms with Gasteiger partial charge in [0.2, 0.25) is 0 Å². The molecule has 0 radical (unpaired) electrons. The third kappa shape index (κ3) is 2.06. The monoisotopic (exact) mass is 224 g/mol. The molecule has 2 rings (SSSR count). The zero-order valence-corrected chi connectivity index (χ0v) is 8.35. The highest BCUT2D eigenvalue weighted by Gasteiger charge is 2.10. The van der Waals surface area contributed by atoms with Gasteiger partial charge in [0.1, 0.15) is 0 Å². The number of halogens is 2. The molecule has 16 heavy (non-hydrogen) atoms. The topological polar surface area (TPSA) is 56.7 Å². The highest BCUT2D eigenvalue weighted by atomic mass is 19.3. The smallest absolute Gasteiger partial charge is 0.266 e. The molecule has 0 saturated carbocycles. The third-order valence-corrected chi connectivity index (χ3v) is 2.13.